The zero-order valence-corrected chi connectivity index (χ0v) is 9.18. The van der Waals surface area contributed by atoms with Crippen molar-refractivity contribution in [2.45, 2.75) is 38.5 Å². The smallest absolute Gasteiger partial charge is 0.00952 e. The molecule has 0 N–H and O–H groups in total. The lowest BCUT2D eigenvalue weighted by molar-refractivity contribution is 0.209. The van der Waals surface area contributed by atoms with Gasteiger partial charge >= 0.3 is 0 Å². The fourth-order valence-corrected chi connectivity index (χ4v) is 5.05. The van der Waals surface area contributed by atoms with Gasteiger partial charge < -0.3 is 0 Å². The second-order valence-electron chi connectivity index (χ2n) is 5.42. The van der Waals surface area contributed by atoms with Crippen LogP contribution in [0.2, 0.25) is 0 Å². The SMILES string of the molecule is SCCC1CCC2C3CCC(C3)C12. The van der Waals surface area contributed by atoms with Crippen molar-refractivity contribution in [1.82, 2.24) is 0 Å². The third-order valence-corrected chi connectivity index (χ3v) is 5.33. The molecule has 0 heterocycles. The third-order valence-electron chi connectivity index (χ3n) is 5.07. The first-order chi connectivity index (χ1) is 6.40. The van der Waals surface area contributed by atoms with Crippen molar-refractivity contribution in [2.75, 3.05) is 5.75 Å². The highest BCUT2D eigenvalue weighted by Gasteiger charge is 2.52. The summed E-state index contributed by atoms with van der Waals surface area (Å²) in [5.74, 6) is 6.78. The predicted octanol–water partition coefficient (Wildman–Crippen LogP) is 3.38. The summed E-state index contributed by atoms with van der Waals surface area (Å²) in [4.78, 5) is 0. The summed E-state index contributed by atoms with van der Waals surface area (Å²) in [6, 6.07) is 0. The van der Waals surface area contributed by atoms with Gasteiger partial charge in [0.1, 0.15) is 0 Å². The van der Waals surface area contributed by atoms with Gasteiger partial charge in [0, 0.05) is 0 Å². The van der Waals surface area contributed by atoms with Crippen LogP contribution < -0.4 is 0 Å². The van der Waals surface area contributed by atoms with Gasteiger partial charge in [0.05, 0.1) is 0 Å². The molecule has 3 aliphatic rings. The van der Waals surface area contributed by atoms with Gasteiger partial charge in [0.2, 0.25) is 0 Å². The predicted molar refractivity (Wildman–Crippen MR) is 59.0 cm³/mol. The maximum Gasteiger partial charge on any atom is -0.00952 e. The van der Waals surface area contributed by atoms with E-state index in [2.05, 4.69) is 12.6 Å². The van der Waals surface area contributed by atoms with Crippen molar-refractivity contribution in [2.24, 2.45) is 29.6 Å². The minimum Gasteiger partial charge on any atom is -0.179 e. The summed E-state index contributed by atoms with van der Waals surface area (Å²) in [5, 5.41) is 0. The zero-order valence-electron chi connectivity index (χ0n) is 8.28. The molecule has 3 saturated carbocycles. The molecule has 5 atom stereocenters. The molecule has 74 valence electrons. The first kappa shape index (κ1) is 8.64. The molecular weight excluding hydrogens is 176 g/mol. The Morgan fingerprint density at radius 2 is 1.85 bits per heavy atom. The third kappa shape index (κ3) is 1.19. The number of hydrogen-bond donors (Lipinski definition) is 1. The maximum absolute atomic E-state index is 4.40. The molecule has 0 aliphatic heterocycles. The monoisotopic (exact) mass is 196 g/mol. The first-order valence-electron chi connectivity index (χ1n) is 6.01. The average Bonchev–Trinajstić information content (AvgIpc) is 2.74. The van der Waals surface area contributed by atoms with Gasteiger partial charge in [-0.2, -0.15) is 12.6 Å². The number of fused-ring (bicyclic) bond motifs is 5. The highest BCUT2D eigenvalue weighted by atomic mass is 32.1. The molecule has 13 heavy (non-hydrogen) atoms. The van der Waals surface area contributed by atoms with Crippen LogP contribution in [-0.4, -0.2) is 5.75 Å². The Morgan fingerprint density at radius 1 is 1.00 bits per heavy atom. The Labute approximate surface area is 86.9 Å². The number of hydrogen-bond acceptors (Lipinski definition) is 1. The van der Waals surface area contributed by atoms with Crippen LogP contribution >= 0.6 is 12.6 Å². The van der Waals surface area contributed by atoms with Crippen LogP contribution in [0.3, 0.4) is 0 Å². The summed E-state index contributed by atoms with van der Waals surface area (Å²) >= 11 is 4.40. The van der Waals surface area contributed by atoms with E-state index in [0.717, 1.165) is 35.3 Å². The Morgan fingerprint density at radius 3 is 2.69 bits per heavy atom. The fraction of sp³-hybridized carbons (Fsp3) is 1.00. The van der Waals surface area contributed by atoms with Gasteiger partial charge in [0.15, 0.2) is 0 Å². The van der Waals surface area contributed by atoms with Crippen molar-refractivity contribution in [3.05, 3.63) is 0 Å². The molecule has 5 unspecified atom stereocenters. The summed E-state index contributed by atoms with van der Waals surface area (Å²) in [5.41, 5.74) is 0. The first-order valence-corrected chi connectivity index (χ1v) is 6.64. The van der Waals surface area contributed by atoms with E-state index in [1.807, 2.05) is 0 Å². The Hall–Kier alpha value is 0.350. The van der Waals surface area contributed by atoms with Crippen LogP contribution in [0.1, 0.15) is 38.5 Å². The van der Waals surface area contributed by atoms with Crippen molar-refractivity contribution >= 4 is 12.6 Å². The molecule has 0 aromatic heterocycles. The molecular formula is C12H20S. The molecule has 0 spiro atoms. The van der Waals surface area contributed by atoms with E-state index in [4.69, 9.17) is 0 Å². The lowest BCUT2D eigenvalue weighted by atomic mass is 9.77. The standard InChI is InChI=1S/C12H20S/c13-6-5-8-3-4-11-9-1-2-10(7-9)12(8)11/h8-13H,1-7H2. The minimum absolute atomic E-state index is 1.07. The summed E-state index contributed by atoms with van der Waals surface area (Å²) < 4.78 is 0. The highest BCUT2D eigenvalue weighted by molar-refractivity contribution is 7.80. The van der Waals surface area contributed by atoms with E-state index < -0.39 is 0 Å². The van der Waals surface area contributed by atoms with Gasteiger partial charge in [-0.15, -0.1) is 0 Å². The van der Waals surface area contributed by atoms with Crippen molar-refractivity contribution in [3.63, 3.8) is 0 Å². The largest absolute Gasteiger partial charge is 0.179 e. The normalized spacial score (nSPS) is 52.8. The van der Waals surface area contributed by atoms with Crippen molar-refractivity contribution in [1.29, 1.82) is 0 Å². The lowest BCUT2D eigenvalue weighted by Crippen LogP contribution is -2.22. The van der Waals surface area contributed by atoms with E-state index >= 15 is 0 Å². The maximum atomic E-state index is 4.40. The van der Waals surface area contributed by atoms with Gasteiger partial charge in [-0.25, -0.2) is 0 Å². The topological polar surface area (TPSA) is 0 Å². The van der Waals surface area contributed by atoms with Gasteiger partial charge in [-0.1, -0.05) is 0 Å². The Bertz CT molecular complexity index is 201. The van der Waals surface area contributed by atoms with Gasteiger partial charge in [-0.3, -0.25) is 0 Å². The van der Waals surface area contributed by atoms with Crippen LogP contribution in [0.15, 0.2) is 0 Å². The van der Waals surface area contributed by atoms with Crippen LogP contribution in [-0.2, 0) is 0 Å². The highest BCUT2D eigenvalue weighted by Crippen LogP contribution is 2.61. The summed E-state index contributed by atoms with van der Waals surface area (Å²) in [7, 11) is 0. The minimum atomic E-state index is 1.07. The second-order valence-corrected chi connectivity index (χ2v) is 5.87. The van der Waals surface area contributed by atoms with E-state index in [1.54, 1.807) is 25.7 Å². The fourth-order valence-electron chi connectivity index (χ4n) is 4.72. The molecule has 0 amide bonds. The molecule has 2 bridgehead atoms. The Kier molecular flexibility index (Phi) is 2.12. The molecule has 3 rings (SSSR count). The van der Waals surface area contributed by atoms with E-state index in [-0.39, 0.29) is 0 Å². The number of thiol groups is 1. The van der Waals surface area contributed by atoms with Crippen LogP contribution in [0.4, 0.5) is 0 Å². The second kappa shape index (κ2) is 3.18. The summed E-state index contributed by atoms with van der Waals surface area (Å²) in [6.07, 6.45) is 9.22. The molecule has 1 heteroatoms. The average molecular weight is 196 g/mol. The molecule has 3 fully saturated rings. The molecule has 0 nitrogen and oxygen atoms in total. The van der Waals surface area contributed by atoms with Gasteiger partial charge in [0.25, 0.3) is 0 Å². The molecule has 0 radical (unpaired) electrons. The van der Waals surface area contributed by atoms with E-state index in [1.165, 1.54) is 12.8 Å². The van der Waals surface area contributed by atoms with E-state index in [9.17, 15) is 0 Å². The lowest BCUT2D eigenvalue weighted by Gasteiger charge is -2.28. The zero-order chi connectivity index (χ0) is 8.84. The molecule has 0 aromatic carbocycles. The molecule has 3 aliphatic carbocycles. The van der Waals surface area contributed by atoms with E-state index in [0.29, 0.717) is 0 Å². The molecule has 0 saturated heterocycles. The van der Waals surface area contributed by atoms with Crippen molar-refractivity contribution in [3.8, 4) is 0 Å². The van der Waals surface area contributed by atoms with Crippen LogP contribution in [0, 0.1) is 29.6 Å². The Balaban J connectivity index is 1.76. The number of rotatable bonds is 2. The van der Waals surface area contributed by atoms with Crippen LogP contribution in [0.5, 0.6) is 0 Å². The quantitative estimate of drug-likeness (QED) is 0.643. The van der Waals surface area contributed by atoms with Gasteiger partial charge in [-0.05, 0) is 73.9 Å². The van der Waals surface area contributed by atoms with Crippen molar-refractivity contribution < 1.29 is 0 Å². The summed E-state index contributed by atoms with van der Waals surface area (Å²) in [6.45, 7) is 0. The molecule has 0 aromatic rings. The van der Waals surface area contributed by atoms with Crippen LogP contribution in [0.25, 0.3) is 0 Å².